The van der Waals surface area contributed by atoms with Crippen molar-refractivity contribution in [3.05, 3.63) is 24.3 Å². The average Bonchev–Trinajstić information content (AvgIpc) is 2.35. The van der Waals surface area contributed by atoms with Gasteiger partial charge in [0.2, 0.25) is 0 Å². The molecule has 2 nitrogen and oxygen atoms in total. The molecule has 3 heteroatoms. The highest BCUT2D eigenvalue weighted by atomic mass is 32.2. The number of nitriles is 1. The van der Waals surface area contributed by atoms with Crippen LogP contribution in [-0.2, 0) is 0 Å². The highest BCUT2D eigenvalue weighted by molar-refractivity contribution is 7.99. The molecule has 1 aromatic carbocycles. The van der Waals surface area contributed by atoms with E-state index in [1.165, 1.54) is 4.90 Å². The predicted octanol–water partition coefficient (Wildman–Crippen LogP) is 4.12. The van der Waals surface area contributed by atoms with Crippen molar-refractivity contribution in [2.24, 2.45) is 5.41 Å². The quantitative estimate of drug-likeness (QED) is 0.561. The van der Waals surface area contributed by atoms with Crippen molar-refractivity contribution in [3.8, 4) is 11.8 Å². The fourth-order valence-corrected chi connectivity index (χ4v) is 2.47. The Kier molecular flexibility index (Phi) is 5.37. The molecule has 0 amide bonds. The monoisotopic (exact) mass is 249 g/mol. The zero-order valence-corrected chi connectivity index (χ0v) is 11.5. The van der Waals surface area contributed by atoms with Gasteiger partial charge in [-0.2, -0.15) is 5.26 Å². The van der Waals surface area contributed by atoms with E-state index in [0.717, 1.165) is 24.3 Å². The van der Waals surface area contributed by atoms with Gasteiger partial charge in [-0.15, -0.1) is 11.8 Å². The van der Waals surface area contributed by atoms with Crippen LogP contribution in [0.3, 0.4) is 0 Å². The number of hydrogen-bond acceptors (Lipinski definition) is 3. The number of thioether (sulfide) groups is 1. The van der Waals surface area contributed by atoms with Crippen molar-refractivity contribution >= 4 is 11.8 Å². The molecule has 92 valence electrons. The molecule has 0 saturated carbocycles. The summed E-state index contributed by atoms with van der Waals surface area (Å²) in [5.41, 5.74) is -0.207. The second-order valence-corrected chi connectivity index (χ2v) is 5.74. The summed E-state index contributed by atoms with van der Waals surface area (Å²) in [4.78, 5) is 1.17. The standard InChI is InChI=1S/C14H19NOS/c1-14(2,11-15)9-6-10-17-13-8-5-4-7-12(13)16-3/h4-5,7-8H,6,9-10H2,1-3H3. The van der Waals surface area contributed by atoms with Crippen LogP contribution in [0.15, 0.2) is 29.2 Å². The zero-order chi connectivity index (χ0) is 12.7. The number of nitrogens with zero attached hydrogens (tertiary/aromatic N) is 1. The first kappa shape index (κ1) is 13.9. The van der Waals surface area contributed by atoms with Crippen LogP contribution < -0.4 is 4.74 Å². The van der Waals surface area contributed by atoms with Gasteiger partial charge in [-0.1, -0.05) is 12.1 Å². The molecule has 0 N–H and O–H groups in total. The van der Waals surface area contributed by atoms with Crippen molar-refractivity contribution in [2.45, 2.75) is 31.6 Å². The topological polar surface area (TPSA) is 33.0 Å². The maximum Gasteiger partial charge on any atom is 0.132 e. The first-order valence-corrected chi connectivity index (χ1v) is 6.75. The van der Waals surface area contributed by atoms with Gasteiger partial charge in [0.25, 0.3) is 0 Å². The summed E-state index contributed by atoms with van der Waals surface area (Å²) < 4.78 is 5.29. The second-order valence-electron chi connectivity index (χ2n) is 4.60. The minimum absolute atomic E-state index is 0.207. The molecule has 0 unspecified atom stereocenters. The van der Waals surface area contributed by atoms with Gasteiger partial charge in [-0.05, 0) is 44.6 Å². The van der Waals surface area contributed by atoms with E-state index in [4.69, 9.17) is 10.00 Å². The summed E-state index contributed by atoms with van der Waals surface area (Å²) in [5.74, 6) is 1.95. The SMILES string of the molecule is COc1ccccc1SCCCC(C)(C)C#N. The van der Waals surface area contributed by atoms with E-state index in [0.29, 0.717) is 0 Å². The first-order chi connectivity index (χ1) is 8.09. The lowest BCUT2D eigenvalue weighted by atomic mass is 9.90. The highest BCUT2D eigenvalue weighted by Crippen LogP contribution is 2.30. The molecule has 1 aromatic rings. The Balaban J connectivity index is 2.39. The largest absolute Gasteiger partial charge is 0.496 e. The molecule has 0 radical (unpaired) electrons. The summed E-state index contributed by atoms with van der Waals surface area (Å²) in [6.45, 7) is 3.97. The molecule has 0 heterocycles. The summed E-state index contributed by atoms with van der Waals surface area (Å²) >= 11 is 1.79. The van der Waals surface area contributed by atoms with Crippen LogP contribution in [0.1, 0.15) is 26.7 Å². The normalized spacial score (nSPS) is 10.9. The van der Waals surface area contributed by atoms with E-state index >= 15 is 0 Å². The number of para-hydroxylation sites is 1. The molecular formula is C14H19NOS. The molecule has 0 atom stereocenters. The van der Waals surface area contributed by atoms with Crippen molar-refractivity contribution in [2.75, 3.05) is 12.9 Å². The van der Waals surface area contributed by atoms with Gasteiger partial charge >= 0.3 is 0 Å². The van der Waals surface area contributed by atoms with Crippen molar-refractivity contribution in [1.82, 2.24) is 0 Å². The summed E-state index contributed by atoms with van der Waals surface area (Å²) in [7, 11) is 1.69. The summed E-state index contributed by atoms with van der Waals surface area (Å²) in [6.07, 6.45) is 1.98. The number of benzene rings is 1. The summed E-state index contributed by atoms with van der Waals surface area (Å²) in [5, 5.41) is 8.92. The van der Waals surface area contributed by atoms with E-state index in [9.17, 15) is 0 Å². The Morgan fingerprint density at radius 1 is 1.35 bits per heavy atom. The van der Waals surface area contributed by atoms with Crippen LogP contribution in [-0.4, -0.2) is 12.9 Å². The predicted molar refractivity (Wildman–Crippen MR) is 72.3 cm³/mol. The Morgan fingerprint density at radius 3 is 2.71 bits per heavy atom. The van der Waals surface area contributed by atoms with Crippen molar-refractivity contribution in [1.29, 1.82) is 5.26 Å². The maximum atomic E-state index is 8.92. The molecule has 0 bridgehead atoms. The van der Waals surface area contributed by atoms with Gasteiger partial charge in [-0.3, -0.25) is 0 Å². The minimum Gasteiger partial charge on any atom is -0.496 e. The molecule has 0 aliphatic rings. The Morgan fingerprint density at radius 2 is 2.06 bits per heavy atom. The Hall–Kier alpha value is -1.14. The molecule has 0 aliphatic heterocycles. The molecule has 0 saturated heterocycles. The second kappa shape index (κ2) is 6.56. The van der Waals surface area contributed by atoms with Crippen LogP contribution in [0.25, 0.3) is 0 Å². The van der Waals surface area contributed by atoms with E-state index in [2.05, 4.69) is 12.1 Å². The number of ether oxygens (including phenoxy) is 1. The molecule has 0 aliphatic carbocycles. The van der Waals surface area contributed by atoms with E-state index in [1.54, 1.807) is 18.9 Å². The lowest BCUT2D eigenvalue weighted by molar-refractivity contribution is 0.404. The lowest BCUT2D eigenvalue weighted by Crippen LogP contribution is -2.07. The zero-order valence-electron chi connectivity index (χ0n) is 10.7. The van der Waals surface area contributed by atoms with Gasteiger partial charge < -0.3 is 4.74 Å². The maximum absolute atomic E-state index is 8.92. The van der Waals surface area contributed by atoms with Crippen LogP contribution in [0.2, 0.25) is 0 Å². The Bertz CT molecular complexity index is 395. The fraction of sp³-hybridized carbons (Fsp3) is 0.500. The van der Waals surface area contributed by atoms with Crippen LogP contribution in [0, 0.1) is 16.7 Å². The fourth-order valence-electron chi connectivity index (χ4n) is 1.49. The molecular weight excluding hydrogens is 230 g/mol. The molecule has 0 fully saturated rings. The van der Waals surface area contributed by atoms with Crippen LogP contribution in [0.5, 0.6) is 5.75 Å². The third-order valence-electron chi connectivity index (χ3n) is 2.58. The van der Waals surface area contributed by atoms with Gasteiger partial charge in [0.1, 0.15) is 5.75 Å². The van der Waals surface area contributed by atoms with Gasteiger partial charge in [-0.25, -0.2) is 0 Å². The van der Waals surface area contributed by atoms with Gasteiger partial charge in [0, 0.05) is 4.90 Å². The molecule has 17 heavy (non-hydrogen) atoms. The average molecular weight is 249 g/mol. The first-order valence-electron chi connectivity index (χ1n) is 5.76. The minimum atomic E-state index is -0.207. The van der Waals surface area contributed by atoms with E-state index in [-0.39, 0.29) is 5.41 Å². The number of rotatable bonds is 6. The Labute approximate surface area is 108 Å². The van der Waals surface area contributed by atoms with Gasteiger partial charge in [0.15, 0.2) is 0 Å². The number of hydrogen-bond donors (Lipinski definition) is 0. The molecule has 0 spiro atoms. The third-order valence-corrected chi connectivity index (χ3v) is 3.72. The molecule has 1 rings (SSSR count). The van der Waals surface area contributed by atoms with E-state index < -0.39 is 0 Å². The van der Waals surface area contributed by atoms with Crippen LogP contribution >= 0.6 is 11.8 Å². The molecule has 0 aromatic heterocycles. The third kappa shape index (κ3) is 4.70. The van der Waals surface area contributed by atoms with Gasteiger partial charge in [0.05, 0.1) is 18.6 Å². The smallest absolute Gasteiger partial charge is 0.132 e. The highest BCUT2D eigenvalue weighted by Gasteiger charge is 2.15. The van der Waals surface area contributed by atoms with Crippen LogP contribution in [0.4, 0.5) is 0 Å². The van der Waals surface area contributed by atoms with Crippen molar-refractivity contribution in [3.63, 3.8) is 0 Å². The van der Waals surface area contributed by atoms with Crippen molar-refractivity contribution < 1.29 is 4.74 Å². The lowest BCUT2D eigenvalue weighted by Gasteiger charge is -2.14. The number of methoxy groups -OCH3 is 1. The summed E-state index contributed by atoms with van der Waals surface area (Å²) in [6, 6.07) is 10.4. The van der Waals surface area contributed by atoms with E-state index in [1.807, 2.05) is 32.0 Å².